The monoisotopic (exact) mass is 360 g/mol. The van der Waals surface area contributed by atoms with Crippen LogP contribution in [0.2, 0.25) is 0 Å². The van der Waals surface area contributed by atoms with Gasteiger partial charge in [0.2, 0.25) is 0 Å². The van der Waals surface area contributed by atoms with Crippen LogP contribution < -0.4 is 0 Å². The molecule has 3 heteroatoms. The molecular weight excluding hydrogens is 324 g/mol. The first-order valence-corrected chi connectivity index (χ1v) is 9.63. The van der Waals surface area contributed by atoms with E-state index in [1.54, 1.807) is 14.2 Å². The van der Waals surface area contributed by atoms with E-state index in [2.05, 4.69) is 31.2 Å². The molecule has 0 aromatic heterocycles. The summed E-state index contributed by atoms with van der Waals surface area (Å²) in [6.45, 7) is 10.4. The van der Waals surface area contributed by atoms with Crippen LogP contribution >= 0.6 is 0 Å². The summed E-state index contributed by atoms with van der Waals surface area (Å²) in [5.41, 5.74) is 4.11. The van der Waals surface area contributed by atoms with E-state index in [-0.39, 0.29) is 23.3 Å². The molecule has 1 aliphatic carbocycles. The molecule has 1 aromatic rings. The Balaban J connectivity index is 0.00000105. The van der Waals surface area contributed by atoms with Crippen LogP contribution in [0.15, 0.2) is 35.9 Å². The molecule has 146 valence electrons. The van der Waals surface area contributed by atoms with Crippen molar-refractivity contribution in [3.05, 3.63) is 47.1 Å². The lowest BCUT2D eigenvalue weighted by atomic mass is 9.73. The molecule has 0 spiro atoms. The molecule has 2 N–H and O–H groups in total. The van der Waals surface area contributed by atoms with Gasteiger partial charge in [-0.3, -0.25) is 0 Å². The van der Waals surface area contributed by atoms with Crippen molar-refractivity contribution in [2.75, 3.05) is 14.2 Å². The fourth-order valence-corrected chi connectivity index (χ4v) is 3.65. The second kappa shape index (κ2) is 11.1. The van der Waals surface area contributed by atoms with Crippen molar-refractivity contribution in [3.63, 3.8) is 0 Å². The van der Waals surface area contributed by atoms with E-state index in [1.165, 1.54) is 18.4 Å². The molecule has 0 radical (unpaired) electrons. The summed E-state index contributed by atoms with van der Waals surface area (Å²) in [5.74, 6) is 0.741. The number of hydrogen-bond acceptors (Lipinski definition) is 3. The highest BCUT2D eigenvalue weighted by atomic mass is 16.4. The van der Waals surface area contributed by atoms with Gasteiger partial charge >= 0.3 is 0 Å². The van der Waals surface area contributed by atoms with Crippen molar-refractivity contribution in [2.24, 2.45) is 5.92 Å². The van der Waals surface area contributed by atoms with Crippen LogP contribution in [-0.4, -0.2) is 24.4 Å². The van der Waals surface area contributed by atoms with Gasteiger partial charge in [-0.1, -0.05) is 43.6 Å². The highest BCUT2D eigenvalue weighted by molar-refractivity contribution is 5.51. The predicted molar refractivity (Wildman–Crippen MR) is 110 cm³/mol. The zero-order chi connectivity index (χ0) is 19.7. The number of unbranched alkanes of at least 4 members (excludes halogenated alkanes) is 2. The zero-order valence-electron chi connectivity index (χ0n) is 17.1. The number of rotatable bonds is 6. The third-order valence-electron chi connectivity index (χ3n) is 4.98. The largest absolute Gasteiger partial charge is 0.507 e. The normalized spacial score (nSPS) is 19.3. The number of phenols is 2. The van der Waals surface area contributed by atoms with E-state index < -0.39 is 0 Å². The second-order valence-corrected chi connectivity index (χ2v) is 7.44. The summed E-state index contributed by atoms with van der Waals surface area (Å²) >= 11 is 0. The molecule has 0 heterocycles. The van der Waals surface area contributed by atoms with E-state index in [0.29, 0.717) is 5.56 Å². The lowest BCUT2D eigenvalue weighted by Gasteiger charge is -2.31. The van der Waals surface area contributed by atoms with Gasteiger partial charge in [0, 0.05) is 25.7 Å². The summed E-state index contributed by atoms with van der Waals surface area (Å²) in [4.78, 5) is 0. The predicted octanol–water partition coefficient (Wildman–Crippen LogP) is 6.11. The van der Waals surface area contributed by atoms with Gasteiger partial charge < -0.3 is 14.9 Å². The summed E-state index contributed by atoms with van der Waals surface area (Å²) < 4.78 is 4.25. The molecule has 1 aromatic carbocycles. The van der Waals surface area contributed by atoms with Crippen molar-refractivity contribution in [3.8, 4) is 11.5 Å². The van der Waals surface area contributed by atoms with E-state index in [4.69, 9.17) is 0 Å². The summed E-state index contributed by atoms with van der Waals surface area (Å²) in [7, 11) is 3.25. The molecule has 0 amide bonds. The smallest absolute Gasteiger partial charge is 0.123 e. The third-order valence-corrected chi connectivity index (χ3v) is 4.98. The lowest BCUT2D eigenvalue weighted by Crippen LogP contribution is -2.17. The molecule has 1 aliphatic rings. The number of aromatic hydroxyl groups is 2. The molecule has 2 rings (SSSR count). The van der Waals surface area contributed by atoms with E-state index >= 15 is 0 Å². The fraction of sp³-hybridized carbons (Fsp3) is 0.565. The van der Waals surface area contributed by atoms with Crippen LogP contribution in [-0.2, 0) is 11.2 Å². The maximum absolute atomic E-state index is 10.5. The van der Waals surface area contributed by atoms with E-state index in [9.17, 15) is 10.2 Å². The first-order valence-electron chi connectivity index (χ1n) is 9.63. The van der Waals surface area contributed by atoms with Gasteiger partial charge in [0.25, 0.3) is 0 Å². The van der Waals surface area contributed by atoms with E-state index in [0.717, 1.165) is 36.8 Å². The van der Waals surface area contributed by atoms with Gasteiger partial charge in [-0.25, -0.2) is 0 Å². The maximum Gasteiger partial charge on any atom is 0.123 e. The standard InChI is InChI=1S/C21H30O2.C2H6O/c1-5-6-7-8-16-12-19(22)21(20(23)13-16)18-11-15(4)9-10-17(18)14(2)3;1-3-2/h11-13,17-18,22-23H,2,5-10H2,1,3-4H3;1-2H3/t17-,18+;/m0./s1. The highest BCUT2D eigenvalue weighted by Gasteiger charge is 2.30. The minimum absolute atomic E-state index is 0.0194. The molecule has 0 fully saturated rings. The number of hydrogen-bond donors (Lipinski definition) is 2. The fourth-order valence-electron chi connectivity index (χ4n) is 3.65. The molecule has 0 saturated carbocycles. The quantitative estimate of drug-likeness (QED) is 0.475. The van der Waals surface area contributed by atoms with Gasteiger partial charge in [0.05, 0.1) is 0 Å². The first kappa shape index (κ1) is 22.3. The number of methoxy groups -OCH3 is 1. The number of allylic oxidation sites excluding steroid dienone is 3. The Hall–Kier alpha value is -1.74. The number of benzene rings is 1. The molecule has 3 nitrogen and oxygen atoms in total. The molecule has 0 saturated heterocycles. The third kappa shape index (κ3) is 6.21. The average Bonchev–Trinajstić information content (AvgIpc) is 2.55. The average molecular weight is 361 g/mol. The van der Waals surface area contributed by atoms with Crippen LogP contribution in [0.25, 0.3) is 0 Å². The minimum Gasteiger partial charge on any atom is -0.507 e. The lowest BCUT2D eigenvalue weighted by molar-refractivity contribution is 0.277. The van der Waals surface area contributed by atoms with Gasteiger partial charge in [0.1, 0.15) is 11.5 Å². The molecule has 26 heavy (non-hydrogen) atoms. The minimum atomic E-state index is 0.0194. The summed E-state index contributed by atoms with van der Waals surface area (Å²) in [6, 6.07) is 3.66. The Kier molecular flexibility index (Phi) is 9.50. The molecule has 2 atom stereocenters. The van der Waals surface area contributed by atoms with Gasteiger partial charge in [-0.15, -0.1) is 0 Å². The van der Waals surface area contributed by atoms with Crippen molar-refractivity contribution >= 4 is 0 Å². The number of phenolic OH excluding ortho intramolecular Hbond substituents is 2. The summed E-state index contributed by atoms with van der Waals surface area (Å²) in [6.07, 6.45) is 8.61. The Morgan fingerprint density at radius 3 is 2.27 bits per heavy atom. The van der Waals surface area contributed by atoms with Crippen molar-refractivity contribution in [1.29, 1.82) is 0 Å². The molecular formula is C23H36O3. The van der Waals surface area contributed by atoms with Crippen LogP contribution in [0.5, 0.6) is 11.5 Å². The highest BCUT2D eigenvalue weighted by Crippen LogP contribution is 2.46. The van der Waals surface area contributed by atoms with Crippen molar-refractivity contribution < 1.29 is 14.9 Å². The van der Waals surface area contributed by atoms with Crippen LogP contribution in [0.1, 0.15) is 69.9 Å². The SMILES string of the molecule is C=C(C)[C@@H]1CCC(C)=C[C@H]1c1c(O)cc(CCCCC)cc1O.COC. The van der Waals surface area contributed by atoms with Gasteiger partial charge in [-0.05, 0) is 63.1 Å². The number of ether oxygens (including phenoxy) is 1. The number of aryl methyl sites for hydroxylation is 1. The first-order chi connectivity index (χ1) is 12.3. The Labute approximate surface area is 159 Å². The zero-order valence-corrected chi connectivity index (χ0v) is 17.1. The Bertz CT molecular complexity index is 593. The molecule has 0 aliphatic heterocycles. The van der Waals surface area contributed by atoms with Crippen molar-refractivity contribution in [1.82, 2.24) is 0 Å². The topological polar surface area (TPSA) is 49.7 Å². The van der Waals surface area contributed by atoms with Crippen LogP contribution in [0.3, 0.4) is 0 Å². The van der Waals surface area contributed by atoms with E-state index in [1.807, 2.05) is 19.1 Å². The van der Waals surface area contributed by atoms with Crippen molar-refractivity contribution in [2.45, 2.75) is 65.2 Å². The van der Waals surface area contributed by atoms with Gasteiger partial charge in [0.15, 0.2) is 0 Å². The second-order valence-electron chi connectivity index (χ2n) is 7.44. The Morgan fingerprint density at radius 1 is 1.19 bits per heavy atom. The Morgan fingerprint density at radius 2 is 1.77 bits per heavy atom. The van der Waals surface area contributed by atoms with Crippen LogP contribution in [0.4, 0.5) is 0 Å². The van der Waals surface area contributed by atoms with Gasteiger partial charge in [-0.2, -0.15) is 0 Å². The maximum atomic E-state index is 10.5. The summed E-state index contributed by atoms with van der Waals surface area (Å²) in [5, 5.41) is 21.1. The molecule has 0 unspecified atom stereocenters. The molecule has 0 bridgehead atoms. The van der Waals surface area contributed by atoms with Crippen LogP contribution in [0, 0.1) is 5.92 Å².